The van der Waals surface area contributed by atoms with Gasteiger partial charge in [0.15, 0.2) is 0 Å². The van der Waals surface area contributed by atoms with Crippen LogP contribution in [0.2, 0.25) is 5.02 Å². The first-order valence-corrected chi connectivity index (χ1v) is 8.03. The molecule has 0 saturated heterocycles. The molecule has 0 saturated carbocycles. The number of hydrogen-bond donors (Lipinski definition) is 3. The molecule has 0 bridgehead atoms. The lowest BCUT2D eigenvalue weighted by Gasteiger charge is -2.09. The first-order valence-electron chi connectivity index (χ1n) is 7.65. The Hall–Kier alpha value is -2.53. The molecule has 0 aromatic heterocycles. The molecular formula is C18H20ClN3O2. The van der Waals surface area contributed by atoms with E-state index in [1.165, 1.54) is 6.92 Å². The summed E-state index contributed by atoms with van der Waals surface area (Å²) in [6, 6.07) is 14.7. The molecule has 24 heavy (non-hydrogen) atoms. The van der Waals surface area contributed by atoms with E-state index in [-0.39, 0.29) is 11.8 Å². The minimum absolute atomic E-state index is 0.0210. The van der Waals surface area contributed by atoms with Crippen molar-refractivity contribution in [2.75, 3.05) is 17.2 Å². The first kappa shape index (κ1) is 17.8. The van der Waals surface area contributed by atoms with Gasteiger partial charge >= 0.3 is 0 Å². The molecule has 0 aliphatic heterocycles. The van der Waals surface area contributed by atoms with Crippen molar-refractivity contribution in [2.45, 2.75) is 19.9 Å². The maximum atomic E-state index is 11.8. The van der Waals surface area contributed by atoms with Gasteiger partial charge in [-0.3, -0.25) is 9.59 Å². The molecule has 0 radical (unpaired) electrons. The van der Waals surface area contributed by atoms with Crippen LogP contribution >= 0.6 is 11.6 Å². The van der Waals surface area contributed by atoms with E-state index in [1.54, 1.807) is 12.1 Å². The van der Waals surface area contributed by atoms with Crippen molar-refractivity contribution < 1.29 is 9.59 Å². The molecule has 0 heterocycles. The first-order chi connectivity index (χ1) is 11.5. The topological polar surface area (TPSA) is 70.2 Å². The van der Waals surface area contributed by atoms with Crippen LogP contribution in [0.5, 0.6) is 0 Å². The van der Waals surface area contributed by atoms with Gasteiger partial charge in [0.25, 0.3) is 0 Å². The SMILES string of the molecule is CC(=O)Nc1ccc(NCCC(=O)NCc2ccc(Cl)cc2)cc1. The van der Waals surface area contributed by atoms with E-state index in [0.717, 1.165) is 16.9 Å². The predicted octanol–water partition coefficient (Wildman–Crippen LogP) is 3.42. The van der Waals surface area contributed by atoms with E-state index in [4.69, 9.17) is 11.6 Å². The summed E-state index contributed by atoms with van der Waals surface area (Å²) in [5.74, 6) is -0.125. The summed E-state index contributed by atoms with van der Waals surface area (Å²) in [5, 5.41) is 9.42. The summed E-state index contributed by atoms with van der Waals surface area (Å²) in [5.41, 5.74) is 2.65. The highest BCUT2D eigenvalue weighted by atomic mass is 35.5. The Bertz CT molecular complexity index is 684. The van der Waals surface area contributed by atoms with Crippen LogP contribution in [-0.2, 0) is 16.1 Å². The average Bonchev–Trinajstić information content (AvgIpc) is 2.55. The van der Waals surface area contributed by atoms with E-state index in [9.17, 15) is 9.59 Å². The quantitative estimate of drug-likeness (QED) is 0.720. The van der Waals surface area contributed by atoms with Gasteiger partial charge < -0.3 is 16.0 Å². The van der Waals surface area contributed by atoms with Crippen molar-refractivity contribution >= 4 is 34.8 Å². The van der Waals surface area contributed by atoms with E-state index in [2.05, 4.69) is 16.0 Å². The molecule has 2 amide bonds. The highest BCUT2D eigenvalue weighted by Gasteiger charge is 2.02. The largest absolute Gasteiger partial charge is 0.385 e. The molecule has 0 atom stereocenters. The highest BCUT2D eigenvalue weighted by Crippen LogP contribution is 2.13. The maximum Gasteiger partial charge on any atom is 0.222 e. The molecule has 126 valence electrons. The second-order valence-electron chi connectivity index (χ2n) is 5.34. The predicted molar refractivity (Wildman–Crippen MR) is 97.2 cm³/mol. The number of halogens is 1. The summed E-state index contributed by atoms with van der Waals surface area (Å²) in [4.78, 5) is 22.8. The number of carbonyl (C=O) groups excluding carboxylic acids is 2. The van der Waals surface area contributed by atoms with Crippen molar-refractivity contribution in [3.63, 3.8) is 0 Å². The molecule has 0 aliphatic rings. The fourth-order valence-electron chi connectivity index (χ4n) is 2.09. The third-order valence-electron chi connectivity index (χ3n) is 3.29. The molecule has 2 aromatic carbocycles. The van der Waals surface area contributed by atoms with E-state index in [0.29, 0.717) is 24.5 Å². The minimum Gasteiger partial charge on any atom is -0.385 e. The molecule has 2 rings (SSSR count). The minimum atomic E-state index is -0.104. The third-order valence-corrected chi connectivity index (χ3v) is 3.54. The van der Waals surface area contributed by atoms with E-state index >= 15 is 0 Å². The van der Waals surface area contributed by atoms with E-state index < -0.39 is 0 Å². The summed E-state index contributed by atoms with van der Waals surface area (Å²) in [7, 11) is 0. The lowest BCUT2D eigenvalue weighted by Crippen LogP contribution is -2.24. The molecule has 2 aromatic rings. The van der Waals surface area contributed by atoms with Crippen LogP contribution in [0.3, 0.4) is 0 Å². The highest BCUT2D eigenvalue weighted by molar-refractivity contribution is 6.30. The number of benzene rings is 2. The molecule has 0 unspecified atom stereocenters. The molecule has 5 nitrogen and oxygen atoms in total. The van der Waals surface area contributed by atoms with Gasteiger partial charge in [0.1, 0.15) is 0 Å². The fourth-order valence-corrected chi connectivity index (χ4v) is 2.21. The van der Waals surface area contributed by atoms with Gasteiger partial charge in [-0.2, -0.15) is 0 Å². The van der Waals surface area contributed by atoms with Gasteiger partial charge in [0.2, 0.25) is 11.8 Å². The van der Waals surface area contributed by atoms with Gasteiger partial charge in [0.05, 0.1) is 0 Å². The van der Waals surface area contributed by atoms with E-state index in [1.807, 2.05) is 36.4 Å². The summed E-state index contributed by atoms with van der Waals surface area (Å²) in [6.45, 7) is 2.49. The fraction of sp³-hybridized carbons (Fsp3) is 0.222. The van der Waals surface area contributed by atoms with Crippen molar-refractivity contribution in [3.05, 3.63) is 59.1 Å². The van der Waals surface area contributed by atoms with Gasteiger partial charge in [-0.25, -0.2) is 0 Å². The standard InChI is InChI=1S/C18H20ClN3O2/c1-13(23)22-17-8-6-16(7-9-17)20-11-10-18(24)21-12-14-2-4-15(19)5-3-14/h2-9,20H,10-12H2,1H3,(H,21,24)(H,22,23). The molecule has 3 N–H and O–H groups in total. The number of hydrogen-bond acceptors (Lipinski definition) is 3. The van der Waals surface area contributed by atoms with Crippen LogP contribution < -0.4 is 16.0 Å². The zero-order valence-electron chi connectivity index (χ0n) is 13.4. The maximum absolute atomic E-state index is 11.8. The number of rotatable bonds is 7. The Morgan fingerprint density at radius 1 is 0.958 bits per heavy atom. The zero-order valence-corrected chi connectivity index (χ0v) is 14.2. The number of nitrogens with one attached hydrogen (secondary N) is 3. The van der Waals surface area contributed by atoms with Crippen LogP contribution in [-0.4, -0.2) is 18.4 Å². The Balaban J connectivity index is 1.68. The summed E-state index contributed by atoms with van der Waals surface area (Å²) in [6.07, 6.45) is 0.376. The zero-order chi connectivity index (χ0) is 17.4. The van der Waals surface area contributed by atoms with Gasteiger partial charge in [-0.05, 0) is 42.0 Å². The Labute approximate surface area is 146 Å². The van der Waals surface area contributed by atoms with Crippen LogP contribution in [0.1, 0.15) is 18.9 Å². The van der Waals surface area contributed by atoms with Crippen LogP contribution in [0, 0.1) is 0 Å². The van der Waals surface area contributed by atoms with Gasteiger partial charge in [0, 0.05) is 42.8 Å². The summed E-state index contributed by atoms with van der Waals surface area (Å²) >= 11 is 5.82. The Morgan fingerprint density at radius 2 is 1.58 bits per heavy atom. The average molecular weight is 346 g/mol. The molecular weight excluding hydrogens is 326 g/mol. The number of amides is 2. The number of carbonyl (C=O) groups is 2. The smallest absolute Gasteiger partial charge is 0.222 e. The molecule has 0 spiro atoms. The Kier molecular flexibility index (Phi) is 6.63. The van der Waals surface area contributed by atoms with Crippen LogP contribution in [0.15, 0.2) is 48.5 Å². The van der Waals surface area contributed by atoms with Crippen LogP contribution in [0.4, 0.5) is 11.4 Å². The molecule has 0 fully saturated rings. The van der Waals surface area contributed by atoms with Gasteiger partial charge in [-0.1, -0.05) is 23.7 Å². The van der Waals surface area contributed by atoms with Crippen molar-refractivity contribution in [3.8, 4) is 0 Å². The lowest BCUT2D eigenvalue weighted by molar-refractivity contribution is -0.121. The normalized spacial score (nSPS) is 10.1. The monoisotopic (exact) mass is 345 g/mol. The second kappa shape index (κ2) is 8.93. The molecule has 6 heteroatoms. The second-order valence-corrected chi connectivity index (χ2v) is 5.77. The van der Waals surface area contributed by atoms with Crippen molar-refractivity contribution in [1.82, 2.24) is 5.32 Å². The van der Waals surface area contributed by atoms with Gasteiger partial charge in [-0.15, -0.1) is 0 Å². The third kappa shape index (κ3) is 6.30. The van der Waals surface area contributed by atoms with Crippen molar-refractivity contribution in [1.29, 1.82) is 0 Å². The lowest BCUT2D eigenvalue weighted by atomic mass is 10.2. The van der Waals surface area contributed by atoms with Crippen LogP contribution in [0.25, 0.3) is 0 Å². The van der Waals surface area contributed by atoms with Crippen molar-refractivity contribution in [2.24, 2.45) is 0 Å². The molecule has 0 aliphatic carbocycles. The summed E-state index contributed by atoms with van der Waals surface area (Å²) < 4.78 is 0. The Morgan fingerprint density at radius 3 is 2.21 bits per heavy atom. The number of anilines is 2.